The highest BCUT2D eigenvalue weighted by atomic mass is 16.5. The molecule has 5 rings (SSSR count). The van der Waals surface area contributed by atoms with E-state index < -0.39 is 0 Å². The lowest BCUT2D eigenvalue weighted by Crippen LogP contribution is -2.22. The van der Waals surface area contributed by atoms with E-state index in [-0.39, 0.29) is 0 Å². The summed E-state index contributed by atoms with van der Waals surface area (Å²) >= 11 is 0. The van der Waals surface area contributed by atoms with Gasteiger partial charge in [0.2, 0.25) is 0 Å². The lowest BCUT2D eigenvalue weighted by atomic mass is 9.80. The number of fused-ring (bicyclic) bond motifs is 1. The van der Waals surface area contributed by atoms with Crippen molar-refractivity contribution in [1.82, 2.24) is 0 Å². The highest BCUT2D eigenvalue weighted by molar-refractivity contribution is 5.20. The number of hydrogen-bond acceptors (Lipinski definition) is 1. The maximum Gasteiger partial charge on any atom is 0.0616 e. The predicted molar refractivity (Wildman–Crippen MR) is 43.5 cm³/mol. The van der Waals surface area contributed by atoms with E-state index in [4.69, 9.17) is 4.74 Å². The molecule has 1 saturated heterocycles. The molecular weight excluding hydrogens is 148 g/mol. The Morgan fingerprint density at radius 3 is 1.83 bits per heavy atom. The molecule has 5 aliphatic rings. The summed E-state index contributed by atoms with van der Waals surface area (Å²) in [6, 6.07) is 0. The molecule has 5 fully saturated rings. The van der Waals surface area contributed by atoms with Gasteiger partial charge >= 0.3 is 0 Å². The molecule has 0 aromatic rings. The van der Waals surface area contributed by atoms with Gasteiger partial charge < -0.3 is 4.74 Å². The fourth-order valence-electron chi connectivity index (χ4n) is 5.87. The molecule has 0 aromatic carbocycles. The zero-order chi connectivity index (χ0) is 7.45. The monoisotopic (exact) mass is 162 g/mol. The maximum atomic E-state index is 6.13. The van der Waals surface area contributed by atoms with Crippen molar-refractivity contribution in [2.24, 2.45) is 35.5 Å². The molecule has 0 N–H and O–H groups in total. The van der Waals surface area contributed by atoms with Crippen LogP contribution in [-0.2, 0) is 4.74 Å². The third-order valence-electron chi connectivity index (χ3n) is 5.84. The minimum atomic E-state index is 0.729. The summed E-state index contributed by atoms with van der Waals surface area (Å²) in [6.45, 7) is 0. The topological polar surface area (TPSA) is 9.23 Å². The first-order chi connectivity index (χ1) is 5.93. The minimum absolute atomic E-state index is 0.729. The summed E-state index contributed by atoms with van der Waals surface area (Å²) in [6.07, 6.45) is 5.95. The number of hydrogen-bond donors (Lipinski definition) is 0. The molecule has 2 bridgehead atoms. The Hall–Kier alpha value is -0.0400. The van der Waals surface area contributed by atoms with Gasteiger partial charge in [0.05, 0.1) is 12.2 Å². The van der Waals surface area contributed by atoms with Crippen molar-refractivity contribution in [3.05, 3.63) is 0 Å². The Morgan fingerprint density at radius 1 is 0.667 bits per heavy atom. The Labute approximate surface area is 72.5 Å². The van der Waals surface area contributed by atoms with Crippen LogP contribution in [0.25, 0.3) is 0 Å². The standard InChI is InChI=1S/C11H14O/c1-6-4-2-8-10(6)11-7(1)5(4)3-9(11)12-8/h4-11H,1-3H2/t4-,5-,6+,7+,8-,9+,10-,11-/m1/s1. The van der Waals surface area contributed by atoms with E-state index in [9.17, 15) is 0 Å². The fourth-order valence-corrected chi connectivity index (χ4v) is 5.87. The van der Waals surface area contributed by atoms with Gasteiger partial charge in [0.25, 0.3) is 0 Å². The van der Waals surface area contributed by atoms with Crippen LogP contribution in [0.15, 0.2) is 0 Å². The lowest BCUT2D eigenvalue weighted by Gasteiger charge is -2.23. The number of rotatable bonds is 0. The van der Waals surface area contributed by atoms with E-state index in [1.54, 1.807) is 6.42 Å². The summed E-state index contributed by atoms with van der Waals surface area (Å²) in [5, 5.41) is 0. The van der Waals surface area contributed by atoms with Crippen molar-refractivity contribution >= 4 is 0 Å². The van der Waals surface area contributed by atoms with Crippen LogP contribution in [0.2, 0.25) is 0 Å². The van der Waals surface area contributed by atoms with Crippen molar-refractivity contribution in [3.8, 4) is 0 Å². The summed E-state index contributed by atoms with van der Waals surface area (Å²) in [4.78, 5) is 0. The normalized spacial score (nSPS) is 80.0. The minimum Gasteiger partial charge on any atom is -0.374 e. The molecular formula is C11H14O. The van der Waals surface area contributed by atoms with E-state index in [1.807, 2.05) is 0 Å². The van der Waals surface area contributed by atoms with Crippen LogP contribution in [0.3, 0.4) is 0 Å². The molecule has 0 spiro atoms. The van der Waals surface area contributed by atoms with Crippen molar-refractivity contribution in [1.29, 1.82) is 0 Å². The molecule has 64 valence electrons. The van der Waals surface area contributed by atoms with Gasteiger partial charge in [-0.25, -0.2) is 0 Å². The van der Waals surface area contributed by atoms with Gasteiger partial charge in [-0.1, -0.05) is 0 Å². The molecule has 1 aliphatic heterocycles. The van der Waals surface area contributed by atoms with Crippen molar-refractivity contribution in [2.75, 3.05) is 0 Å². The summed E-state index contributed by atoms with van der Waals surface area (Å²) < 4.78 is 6.13. The van der Waals surface area contributed by atoms with Crippen LogP contribution >= 0.6 is 0 Å². The molecule has 0 unspecified atom stereocenters. The van der Waals surface area contributed by atoms with Crippen LogP contribution in [0.1, 0.15) is 19.3 Å². The van der Waals surface area contributed by atoms with Crippen molar-refractivity contribution < 1.29 is 4.74 Å². The third-order valence-corrected chi connectivity index (χ3v) is 5.84. The van der Waals surface area contributed by atoms with Gasteiger partial charge in [-0.05, 0) is 54.8 Å². The van der Waals surface area contributed by atoms with Crippen LogP contribution < -0.4 is 0 Å². The first-order valence-electron chi connectivity index (χ1n) is 5.59. The fraction of sp³-hybridized carbons (Fsp3) is 1.00. The number of ether oxygens (including phenoxy) is 1. The van der Waals surface area contributed by atoms with Crippen molar-refractivity contribution in [2.45, 2.75) is 31.5 Å². The van der Waals surface area contributed by atoms with Crippen molar-refractivity contribution in [3.63, 3.8) is 0 Å². The lowest BCUT2D eigenvalue weighted by molar-refractivity contribution is 0.0392. The smallest absolute Gasteiger partial charge is 0.0616 e. The van der Waals surface area contributed by atoms with Crippen LogP contribution in [0.4, 0.5) is 0 Å². The average molecular weight is 162 g/mol. The largest absolute Gasteiger partial charge is 0.374 e. The van der Waals surface area contributed by atoms with E-state index >= 15 is 0 Å². The van der Waals surface area contributed by atoms with Crippen LogP contribution in [0.5, 0.6) is 0 Å². The zero-order valence-electron chi connectivity index (χ0n) is 7.15. The molecule has 8 atom stereocenters. The first kappa shape index (κ1) is 5.64. The summed E-state index contributed by atoms with van der Waals surface area (Å²) in [7, 11) is 0. The van der Waals surface area contributed by atoms with Crippen LogP contribution in [0, 0.1) is 35.5 Å². The molecule has 1 heteroatoms. The Kier molecular flexibility index (Phi) is 0.654. The predicted octanol–water partition coefficient (Wildman–Crippen LogP) is 1.68. The first-order valence-corrected chi connectivity index (χ1v) is 5.59. The van der Waals surface area contributed by atoms with Gasteiger partial charge in [-0.3, -0.25) is 0 Å². The summed E-state index contributed by atoms with van der Waals surface area (Å²) in [5.74, 6) is 6.58. The molecule has 4 aliphatic carbocycles. The van der Waals surface area contributed by atoms with Gasteiger partial charge in [0.15, 0.2) is 0 Å². The second-order valence-corrected chi connectivity index (χ2v) is 5.73. The van der Waals surface area contributed by atoms with Gasteiger partial charge in [-0.2, -0.15) is 0 Å². The van der Waals surface area contributed by atoms with Gasteiger partial charge in [-0.15, -0.1) is 0 Å². The molecule has 1 nitrogen and oxygen atoms in total. The Bertz CT molecular complexity index is 244. The van der Waals surface area contributed by atoms with E-state index in [0.717, 1.165) is 47.7 Å². The molecule has 1 heterocycles. The Morgan fingerprint density at radius 2 is 1.25 bits per heavy atom. The quantitative estimate of drug-likeness (QED) is 0.526. The van der Waals surface area contributed by atoms with E-state index in [1.165, 1.54) is 12.8 Å². The average Bonchev–Trinajstić information content (AvgIpc) is 2.57. The molecule has 0 aromatic heterocycles. The SMILES string of the molecule is C1[C@H]2[C@@H]3C[C@@H]4O[C@@H]5C[C@H]3[C@H]1[C@H]5[C@H]24. The van der Waals surface area contributed by atoms with E-state index in [0.29, 0.717) is 0 Å². The van der Waals surface area contributed by atoms with Gasteiger partial charge in [0, 0.05) is 0 Å². The second kappa shape index (κ2) is 1.39. The van der Waals surface area contributed by atoms with E-state index in [2.05, 4.69) is 0 Å². The maximum absolute atomic E-state index is 6.13. The molecule has 0 amide bonds. The second-order valence-electron chi connectivity index (χ2n) is 5.73. The van der Waals surface area contributed by atoms with Gasteiger partial charge in [0.1, 0.15) is 0 Å². The van der Waals surface area contributed by atoms with Crippen LogP contribution in [-0.4, -0.2) is 12.2 Å². The zero-order valence-corrected chi connectivity index (χ0v) is 7.15. The highest BCUT2D eigenvalue weighted by Gasteiger charge is 2.73. The third kappa shape index (κ3) is 0.348. The summed E-state index contributed by atoms with van der Waals surface area (Å²) in [5.41, 5.74) is 0. The molecule has 12 heavy (non-hydrogen) atoms. The molecule has 4 saturated carbocycles. The molecule has 0 radical (unpaired) electrons. The Balaban J connectivity index is 1.87. The highest BCUT2D eigenvalue weighted by Crippen LogP contribution is 2.74.